The van der Waals surface area contributed by atoms with Crippen LogP contribution in [-0.2, 0) is 12.8 Å². The lowest BCUT2D eigenvalue weighted by Gasteiger charge is -1.94. The summed E-state index contributed by atoms with van der Waals surface area (Å²) in [6.07, 6.45) is 5.31. The van der Waals surface area contributed by atoms with E-state index in [1.165, 1.54) is 20.5 Å². The summed E-state index contributed by atoms with van der Waals surface area (Å²) in [5, 5.41) is 1.40. The van der Waals surface area contributed by atoms with E-state index in [-0.39, 0.29) is 0 Å². The van der Waals surface area contributed by atoms with Gasteiger partial charge in [-0.05, 0) is 42.3 Å². The lowest BCUT2D eigenvalue weighted by molar-refractivity contribution is 1.03. The van der Waals surface area contributed by atoms with Gasteiger partial charge in [0.05, 0.1) is 0 Å². The third-order valence-electron chi connectivity index (χ3n) is 2.63. The summed E-state index contributed by atoms with van der Waals surface area (Å²) in [7, 11) is 0. The number of rotatable bonds is 4. The molecule has 0 saturated heterocycles. The first kappa shape index (κ1) is 10.4. The Bertz CT molecular complexity index is 465. The molecule has 1 aromatic heterocycles. The lowest BCUT2D eigenvalue weighted by Crippen LogP contribution is -1.76. The van der Waals surface area contributed by atoms with E-state index in [0.717, 1.165) is 19.3 Å². The van der Waals surface area contributed by atoms with Gasteiger partial charge in [0.2, 0.25) is 0 Å². The van der Waals surface area contributed by atoms with E-state index < -0.39 is 0 Å². The van der Waals surface area contributed by atoms with Gasteiger partial charge in [-0.1, -0.05) is 25.1 Å². The Balaban J connectivity index is 2.33. The summed E-state index contributed by atoms with van der Waals surface area (Å²) < 4.78 is 1.41. The largest absolute Gasteiger partial charge is 0.140 e. The molecule has 0 aliphatic heterocycles. The SMILES string of the molecule is C=CCCc1cc2cc(CC)ccc2s1. The number of benzene rings is 1. The van der Waals surface area contributed by atoms with Crippen molar-refractivity contribution in [3.8, 4) is 0 Å². The van der Waals surface area contributed by atoms with Crippen LogP contribution in [-0.4, -0.2) is 0 Å². The van der Waals surface area contributed by atoms with Crippen LogP contribution in [0.4, 0.5) is 0 Å². The van der Waals surface area contributed by atoms with Gasteiger partial charge in [0.15, 0.2) is 0 Å². The molecule has 0 saturated carbocycles. The van der Waals surface area contributed by atoms with Crippen molar-refractivity contribution in [1.29, 1.82) is 0 Å². The minimum Gasteiger partial charge on any atom is -0.140 e. The Kier molecular flexibility index (Phi) is 3.22. The standard InChI is InChI=1S/C14H16S/c1-3-5-6-13-10-12-9-11(4-2)7-8-14(12)15-13/h3,7-10H,1,4-6H2,2H3. The maximum Gasteiger partial charge on any atom is 0.0345 e. The van der Waals surface area contributed by atoms with E-state index in [2.05, 4.69) is 37.8 Å². The Labute approximate surface area is 95.3 Å². The fourth-order valence-corrected chi connectivity index (χ4v) is 2.80. The number of allylic oxidation sites excluding steroid dienone is 1. The molecule has 78 valence electrons. The Morgan fingerprint density at radius 3 is 2.93 bits per heavy atom. The van der Waals surface area contributed by atoms with Crippen LogP contribution in [0.1, 0.15) is 23.8 Å². The highest BCUT2D eigenvalue weighted by Gasteiger charge is 2.01. The molecule has 0 atom stereocenters. The first-order valence-electron chi connectivity index (χ1n) is 5.45. The van der Waals surface area contributed by atoms with Gasteiger partial charge in [-0.25, -0.2) is 0 Å². The molecular weight excluding hydrogens is 200 g/mol. The summed E-state index contributed by atoms with van der Waals surface area (Å²) >= 11 is 1.91. The summed E-state index contributed by atoms with van der Waals surface area (Å²) in [5.74, 6) is 0. The first-order valence-corrected chi connectivity index (χ1v) is 6.27. The van der Waals surface area contributed by atoms with E-state index in [1.807, 2.05) is 17.4 Å². The van der Waals surface area contributed by atoms with Crippen molar-refractivity contribution in [2.24, 2.45) is 0 Å². The quantitative estimate of drug-likeness (QED) is 0.656. The van der Waals surface area contributed by atoms with Crippen molar-refractivity contribution in [3.63, 3.8) is 0 Å². The highest BCUT2D eigenvalue weighted by Crippen LogP contribution is 2.27. The van der Waals surface area contributed by atoms with E-state index in [4.69, 9.17) is 0 Å². The van der Waals surface area contributed by atoms with Gasteiger partial charge in [0.25, 0.3) is 0 Å². The van der Waals surface area contributed by atoms with E-state index in [1.54, 1.807) is 0 Å². The molecule has 0 bridgehead atoms. The Morgan fingerprint density at radius 2 is 2.20 bits per heavy atom. The van der Waals surface area contributed by atoms with Gasteiger partial charge < -0.3 is 0 Å². The molecule has 0 unspecified atom stereocenters. The van der Waals surface area contributed by atoms with Crippen LogP contribution in [0.15, 0.2) is 36.9 Å². The van der Waals surface area contributed by atoms with E-state index in [0.29, 0.717) is 0 Å². The summed E-state index contributed by atoms with van der Waals surface area (Å²) in [4.78, 5) is 1.47. The van der Waals surface area contributed by atoms with Crippen molar-refractivity contribution in [2.75, 3.05) is 0 Å². The highest BCUT2D eigenvalue weighted by molar-refractivity contribution is 7.19. The fraction of sp³-hybridized carbons (Fsp3) is 0.286. The van der Waals surface area contributed by atoms with E-state index >= 15 is 0 Å². The predicted molar refractivity (Wildman–Crippen MR) is 69.7 cm³/mol. The van der Waals surface area contributed by atoms with Crippen molar-refractivity contribution < 1.29 is 0 Å². The van der Waals surface area contributed by atoms with Gasteiger partial charge in [0.1, 0.15) is 0 Å². The van der Waals surface area contributed by atoms with Gasteiger partial charge in [-0.2, -0.15) is 0 Å². The predicted octanol–water partition coefficient (Wildman–Crippen LogP) is 4.58. The van der Waals surface area contributed by atoms with Crippen LogP contribution in [0, 0.1) is 0 Å². The maximum atomic E-state index is 3.76. The molecule has 1 heterocycles. The fourth-order valence-electron chi connectivity index (χ4n) is 1.74. The molecule has 1 aromatic carbocycles. The number of hydrogen-bond donors (Lipinski definition) is 0. The molecule has 0 fully saturated rings. The molecule has 0 nitrogen and oxygen atoms in total. The van der Waals surface area contributed by atoms with Crippen molar-refractivity contribution >= 4 is 21.4 Å². The second kappa shape index (κ2) is 4.63. The molecule has 15 heavy (non-hydrogen) atoms. The monoisotopic (exact) mass is 216 g/mol. The Morgan fingerprint density at radius 1 is 1.33 bits per heavy atom. The third-order valence-corrected chi connectivity index (χ3v) is 3.81. The van der Waals surface area contributed by atoms with Crippen LogP contribution in [0.5, 0.6) is 0 Å². The topological polar surface area (TPSA) is 0 Å². The normalized spacial score (nSPS) is 10.7. The number of aryl methyl sites for hydroxylation is 2. The Hall–Kier alpha value is -1.08. The molecule has 0 aliphatic rings. The summed E-state index contributed by atoms with van der Waals surface area (Å²) in [5.41, 5.74) is 1.43. The minimum atomic E-state index is 1.08. The first-order chi connectivity index (χ1) is 7.33. The van der Waals surface area contributed by atoms with Crippen molar-refractivity contribution in [1.82, 2.24) is 0 Å². The lowest BCUT2D eigenvalue weighted by atomic mass is 10.1. The second-order valence-electron chi connectivity index (χ2n) is 3.77. The third kappa shape index (κ3) is 2.29. The number of hydrogen-bond acceptors (Lipinski definition) is 1. The van der Waals surface area contributed by atoms with Gasteiger partial charge in [0, 0.05) is 9.58 Å². The highest BCUT2D eigenvalue weighted by atomic mass is 32.1. The molecule has 0 spiro atoms. The zero-order valence-corrected chi connectivity index (χ0v) is 9.94. The van der Waals surface area contributed by atoms with Crippen LogP contribution in [0.3, 0.4) is 0 Å². The molecule has 0 amide bonds. The molecule has 0 radical (unpaired) electrons. The van der Waals surface area contributed by atoms with E-state index in [9.17, 15) is 0 Å². The average molecular weight is 216 g/mol. The summed E-state index contributed by atoms with van der Waals surface area (Å²) in [6, 6.07) is 9.11. The van der Waals surface area contributed by atoms with Crippen LogP contribution in [0.25, 0.3) is 10.1 Å². The van der Waals surface area contributed by atoms with Crippen molar-refractivity contribution in [2.45, 2.75) is 26.2 Å². The molecular formula is C14H16S. The molecule has 0 aliphatic carbocycles. The van der Waals surface area contributed by atoms with Crippen LogP contribution < -0.4 is 0 Å². The van der Waals surface area contributed by atoms with Gasteiger partial charge in [-0.15, -0.1) is 17.9 Å². The van der Waals surface area contributed by atoms with Gasteiger partial charge in [-0.3, -0.25) is 0 Å². The van der Waals surface area contributed by atoms with Crippen LogP contribution >= 0.6 is 11.3 Å². The minimum absolute atomic E-state index is 1.08. The zero-order valence-electron chi connectivity index (χ0n) is 9.12. The molecule has 0 N–H and O–H groups in total. The van der Waals surface area contributed by atoms with Crippen molar-refractivity contribution in [3.05, 3.63) is 47.4 Å². The summed E-state index contributed by atoms with van der Waals surface area (Å²) in [6.45, 7) is 5.96. The number of thiophene rings is 1. The number of fused-ring (bicyclic) bond motifs is 1. The maximum absolute atomic E-state index is 3.76. The molecule has 2 rings (SSSR count). The van der Waals surface area contributed by atoms with Gasteiger partial charge >= 0.3 is 0 Å². The second-order valence-corrected chi connectivity index (χ2v) is 4.93. The molecule has 1 heteroatoms. The smallest absolute Gasteiger partial charge is 0.0345 e. The average Bonchev–Trinajstić information content (AvgIpc) is 2.67. The zero-order chi connectivity index (χ0) is 10.7. The van der Waals surface area contributed by atoms with Crippen LogP contribution in [0.2, 0.25) is 0 Å². The molecule has 2 aromatic rings.